The first-order valence-electron chi connectivity index (χ1n) is 4.92. The fourth-order valence-electron chi connectivity index (χ4n) is 0.536. The van der Waals surface area contributed by atoms with Gasteiger partial charge in [0, 0.05) is 0 Å². The minimum Gasteiger partial charge on any atom is -0.394 e. The zero-order valence-electron chi connectivity index (χ0n) is 10.4. The van der Waals surface area contributed by atoms with Crippen molar-refractivity contribution in [1.82, 2.24) is 0 Å². The van der Waals surface area contributed by atoms with Crippen LogP contribution in [0.5, 0.6) is 0 Å². The molecule has 9 heteroatoms. The monoisotopic (exact) mass is 276 g/mol. The van der Waals surface area contributed by atoms with Gasteiger partial charge in [-0.3, -0.25) is 4.52 Å². The maximum Gasteiger partial charge on any atom is 0.469 e. The van der Waals surface area contributed by atoms with E-state index in [-0.39, 0.29) is 6.61 Å². The number of hydrogen-bond donors (Lipinski definition) is 5. The predicted molar refractivity (Wildman–Crippen MR) is 61.1 cm³/mol. The molecule has 0 saturated heterocycles. The van der Waals surface area contributed by atoms with E-state index in [1.165, 1.54) is 0 Å². The second-order valence-corrected chi connectivity index (χ2v) is 5.60. The Balaban J connectivity index is 0. The van der Waals surface area contributed by atoms with Crippen molar-refractivity contribution >= 4 is 7.82 Å². The molecule has 106 valence electrons. The first-order valence-corrected chi connectivity index (χ1v) is 6.45. The quantitative estimate of drug-likeness (QED) is 0.284. The summed E-state index contributed by atoms with van der Waals surface area (Å²) in [7, 11) is 1.65. The van der Waals surface area contributed by atoms with Gasteiger partial charge in [-0.05, 0) is 0 Å². The zero-order valence-corrected chi connectivity index (χ0v) is 11.2. The molecule has 1 unspecified atom stereocenters. The highest BCUT2D eigenvalue weighted by Crippen LogP contribution is 2.35. The molecule has 0 heterocycles. The van der Waals surface area contributed by atoms with Crippen LogP contribution in [0.15, 0.2) is 0 Å². The van der Waals surface area contributed by atoms with Gasteiger partial charge >= 0.3 is 7.82 Å². The molecule has 0 amide bonds. The maximum absolute atomic E-state index is 9.93. The van der Waals surface area contributed by atoms with E-state index in [2.05, 4.69) is 25.7 Å². The molecule has 0 aromatic heterocycles. The fraction of sp³-hybridized carbons (Fsp3) is 1.00. The first-order chi connectivity index (χ1) is 7.52. The highest BCUT2D eigenvalue weighted by atomic mass is 31.2. The summed E-state index contributed by atoms with van der Waals surface area (Å²) < 4.78 is 14.6. The number of hydrogen-bond acceptors (Lipinski definition) is 5. The molecule has 0 aliphatic heterocycles. The molecule has 0 radical (unpaired) electrons. The van der Waals surface area contributed by atoms with Crippen LogP contribution in [0.3, 0.4) is 0 Å². The average molecular weight is 276 g/mol. The van der Waals surface area contributed by atoms with Crippen molar-refractivity contribution in [3.05, 3.63) is 0 Å². The van der Waals surface area contributed by atoms with E-state index in [0.29, 0.717) is 0 Å². The Kier molecular flexibility index (Phi) is 10.2. The van der Waals surface area contributed by atoms with Gasteiger partial charge in [-0.25, -0.2) is 4.57 Å². The van der Waals surface area contributed by atoms with Crippen molar-refractivity contribution in [1.29, 1.82) is 0 Å². The number of nitrogens with zero attached hydrogens (tertiary/aromatic N) is 1. The van der Waals surface area contributed by atoms with Gasteiger partial charge in [0.25, 0.3) is 0 Å². The Morgan fingerprint density at radius 3 is 1.88 bits per heavy atom. The average Bonchev–Trinajstić information content (AvgIpc) is 2.12. The van der Waals surface area contributed by atoms with Crippen LogP contribution in [-0.4, -0.2) is 83.2 Å². The van der Waals surface area contributed by atoms with Crippen LogP contribution in [0.25, 0.3) is 0 Å². The van der Waals surface area contributed by atoms with Gasteiger partial charge in [0.05, 0.1) is 41.0 Å². The molecule has 1 atom stereocenters. The van der Waals surface area contributed by atoms with E-state index in [9.17, 15) is 4.57 Å². The van der Waals surface area contributed by atoms with E-state index in [4.69, 9.17) is 25.1 Å². The summed E-state index contributed by atoms with van der Waals surface area (Å²) in [5.41, 5.74) is 0. The minimum atomic E-state index is -4.50. The topological polar surface area (TPSA) is 127 Å². The van der Waals surface area contributed by atoms with Gasteiger partial charge in [0.15, 0.2) is 0 Å². The van der Waals surface area contributed by atoms with Crippen LogP contribution in [0.4, 0.5) is 0 Å². The zero-order chi connectivity index (χ0) is 14.1. The molecule has 0 aromatic rings. The first kappa shape index (κ1) is 19.3. The van der Waals surface area contributed by atoms with E-state index < -0.39 is 27.1 Å². The molecule has 0 fully saturated rings. The van der Waals surface area contributed by atoms with Gasteiger partial charge in [0.1, 0.15) is 12.6 Å². The lowest BCUT2D eigenvalue weighted by Crippen LogP contribution is -2.36. The maximum atomic E-state index is 9.93. The van der Waals surface area contributed by atoms with Crippen LogP contribution in [0.2, 0.25) is 0 Å². The standard InChI is InChI=1S/C5H14NO.C3H9O6P/c1-6(2,3)4-5-7;4-1-3(5)2-9-10(6,7)8/h7H,4-5H2,1-3H3;3-5H,1-2H2,(H2,6,7,8)/q+1;. The third-order valence-electron chi connectivity index (χ3n) is 1.42. The lowest BCUT2D eigenvalue weighted by molar-refractivity contribution is -0.870. The summed E-state index contributed by atoms with van der Waals surface area (Å²) in [4.78, 5) is 16.1. The Bertz CT molecular complexity index is 224. The third-order valence-corrected chi connectivity index (χ3v) is 1.90. The van der Waals surface area contributed by atoms with Crippen molar-refractivity contribution in [2.75, 3.05) is 47.5 Å². The Morgan fingerprint density at radius 1 is 1.24 bits per heavy atom. The van der Waals surface area contributed by atoms with Crippen LogP contribution >= 0.6 is 7.82 Å². The van der Waals surface area contributed by atoms with E-state index >= 15 is 0 Å². The molecule has 0 aliphatic rings. The number of quaternary nitrogens is 1. The molecule has 0 aromatic carbocycles. The van der Waals surface area contributed by atoms with Crippen molar-refractivity contribution in [3.63, 3.8) is 0 Å². The van der Waals surface area contributed by atoms with Gasteiger partial charge < -0.3 is 29.6 Å². The summed E-state index contributed by atoms with van der Waals surface area (Å²) in [6.07, 6.45) is -1.24. The van der Waals surface area contributed by atoms with Gasteiger partial charge in [-0.2, -0.15) is 0 Å². The van der Waals surface area contributed by atoms with Crippen LogP contribution in [-0.2, 0) is 9.09 Å². The largest absolute Gasteiger partial charge is 0.469 e. The van der Waals surface area contributed by atoms with Crippen LogP contribution in [0, 0.1) is 0 Å². The second kappa shape index (κ2) is 8.96. The fourth-order valence-corrected chi connectivity index (χ4v) is 0.902. The van der Waals surface area contributed by atoms with Gasteiger partial charge in [-0.15, -0.1) is 0 Å². The van der Waals surface area contributed by atoms with Gasteiger partial charge in [-0.1, -0.05) is 0 Å². The predicted octanol–water partition coefficient (Wildman–Crippen LogP) is -1.87. The molecule has 8 nitrogen and oxygen atoms in total. The van der Waals surface area contributed by atoms with Crippen molar-refractivity contribution in [2.45, 2.75) is 6.10 Å². The molecule has 0 spiro atoms. The summed E-state index contributed by atoms with van der Waals surface area (Å²) in [5.74, 6) is 0. The van der Waals surface area contributed by atoms with E-state index in [1.807, 2.05) is 0 Å². The van der Waals surface area contributed by atoms with Crippen molar-refractivity contribution < 1.29 is 38.7 Å². The van der Waals surface area contributed by atoms with Crippen LogP contribution < -0.4 is 0 Å². The Morgan fingerprint density at radius 2 is 1.71 bits per heavy atom. The van der Waals surface area contributed by atoms with Crippen molar-refractivity contribution in [3.8, 4) is 0 Å². The molecule has 0 rings (SSSR count). The lowest BCUT2D eigenvalue weighted by atomic mass is 10.4. The second-order valence-electron chi connectivity index (χ2n) is 4.36. The number of aliphatic hydroxyl groups excluding tert-OH is 3. The normalized spacial score (nSPS) is 13.9. The molecule has 0 bridgehead atoms. The highest BCUT2D eigenvalue weighted by Gasteiger charge is 2.15. The number of likely N-dealkylation sites (N-methyl/N-ethyl adjacent to an activating group) is 1. The Labute approximate surface area is 101 Å². The number of rotatable bonds is 6. The number of phosphoric ester groups is 1. The number of phosphoric acid groups is 1. The highest BCUT2D eigenvalue weighted by molar-refractivity contribution is 7.46. The lowest BCUT2D eigenvalue weighted by Gasteiger charge is -2.21. The summed E-state index contributed by atoms with van der Waals surface area (Å²) >= 11 is 0. The summed E-state index contributed by atoms with van der Waals surface area (Å²) in [6.45, 7) is -0.0374. The third kappa shape index (κ3) is 21.7. The van der Waals surface area contributed by atoms with E-state index in [1.54, 1.807) is 0 Å². The van der Waals surface area contributed by atoms with Gasteiger partial charge in [0.2, 0.25) is 0 Å². The molecule has 0 saturated carbocycles. The molecular formula is C8H23NO7P+. The summed E-state index contributed by atoms with van der Waals surface area (Å²) in [5, 5.41) is 25.0. The molecule has 17 heavy (non-hydrogen) atoms. The van der Waals surface area contributed by atoms with Crippen molar-refractivity contribution in [2.24, 2.45) is 0 Å². The van der Waals surface area contributed by atoms with E-state index in [0.717, 1.165) is 11.0 Å². The molecular weight excluding hydrogens is 253 g/mol. The van der Waals surface area contributed by atoms with Crippen LogP contribution in [0.1, 0.15) is 0 Å². The number of aliphatic hydroxyl groups is 3. The molecule has 5 N–H and O–H groups in total. The Hall–Kier alpha value is -0.0500. The smallest absolute Gasteiger partial charge is 0.394 e. The molecule has 0 aliphatic carbocycles. The SMILES string of the molecule is C[N+](C)(C)CCO.O=P(O)(O)OCC(O)CO. The minimum absolute atomic E-state index is 0.281. The summed E-state index contributed by atoms with van der Waals surface area (Å²) in [6, 6.07) is 0.